The third kappa shape index (κ3) is 2.05. The van der Waals surface area contributed by atoms with Crippen molar-refractivity contribution in [2.45, 2.75) is 25.2 Å². The Hall–Kier alpha value is -1.41. The van der Waals surface area contributed by atoms with E-state index in [1.54, 1.807) is 6.20 Å². The Kier molecular flexibility index (Phi) is 2.81. The van der Waals surface area contributed by atoms with Crippen LogP contribution in [0.3, 0.4) is 0 Å². The summed E-state index contributed by atoms with van der Waals surface area (Å²) in [6, 6.07) is 8.58. The standard InChI is InChI=1S/C14H13ClN2/c15-13-8-16-9-17-14(13)12-6-4-11(5-7-12)10-2-1-3-10/h4-10H,1-3H2. The molecule has 0 radical (unpaired) electrons. The fourth-order valence-corrected chi connectivity index (χ4v) is 2.39. The normalized spacial score (nSPS) is 15.6. The summed E-state index contributed by atoms with van der Waals surface area (Å²) in [6.07, 6.45) is 7.18. The van der Waals surface area contributed by atoms with Crippen molar-refractivity contribution in [1.29, 1.82) is 0 Å². The minimum absolute atomic E-state index is 0.601. The zero-order valence-electron chi connectivity index (χ0n) is 9.44. The Morgan fingerprint density at radius 2 is 1.88 bits per heavy atom. The zero-order valence-corrected chi connectivity index (χ0v) is 10.2. The topological polar surface area (TPSA) is 25.8 Å². The molecule has 2 aromatic rings. The van der Waals surface area contributed by atoms with Crippen LogP contribution in [0, 0.1) is 0 Å². The molecule has 0 saturated heterocycles. The Morgan fingerprint density at radius 1 is 1.12 bits per heavy atom. The van der Waals surface area contributed by atoms with Crippen LogP contribution in [0.4, 0.5) is 0 Å². The number of halogens is 1. The lowest BCUT2D eigenvalue weighted by atomic mass is 9.80. The van der Waals surface area contributed by atoms with E-state index < -0.39 is 0 Å². The molecule has 1 saturated carbocycles. The van der Waals surface area contributed by atoms with Crippen LogP contribution in [-0.2, 0) is 0 Å². The Labute approximate surface area is 106 Å². The highest BCUT2D eigenvalue weighted by atomic mass is 35.5. The highest BCUT2D eigenvalue weighted by Gasteiger charge is 2.19. The average Bonchev–Trinajstić information content (AvgIpc) is 2.29. The highest BCUT2D eigenvalue weighted by Crippen LogP contribution is 2.37. The maximum atomic E-state index is 6.07. The van der Waals surface area contributed by atoms with E-state index in [9.17, 15) is 0 Å². The van der Waals surface area contributed by atoms with Crippen molar-refractivity contribution in [1.82, 2.24) is 9.97 Å². The van der Waals surface area contributed by atoms with Crippen molar-refractivity contribution in [3.8, 4) is 11.3 Å². The molecule has 1 aliphatic rings. The molecule has 86 valence electrons. The molecule has 1 heterocycles. The van der Waals surface area contributed by atoms with Gasteiger partial charge < -0.3 is 0 Å². The molecule has 0 atom stereocenters. The molecule has 17 heavy (non-hydrogen) atoms. The molecule has 0 spiro atoms. The van der Waals surface area contributed by atoms with Crippen LogP contribution in [0.5, 0.6) is 0 Å². The van der Waals surface area contributed by atoms with Crippen molar-refractivity contribution in [3.05, 3.63) is 47.4 Å². The van der Waals surface area contributed by atoms with Gasteiger partial charge in [0, 0.05) is 11.8 Å². The summed E-state index contributed by atoms with van der Waals surface area (Å²) in [6.45, 7) is 0. The molecule has 0 N–H and O–H groups in total. The van der Waals surface area contributed by atoms with Crippen LogP contribution in [-0.4, -0.2) is 9.97 Å². The molecule has 0 unspecified atom stereocenters. The van der Waals surface area contributed by atoms with Crippen LogP contribution >= 0.6 is 11.6 Å². The van der Waals surface area contributed by atoms with Crippen molar-refractivity contribution in [2.24, 2.45) is 0 Å². The van der Waals surface area contributed by atoms with E-state index in [2.05, 4.69) is 34.2 Å². The van der Waals surface area contributed by atoms with E-state index in [-0.39, 0.29) is 0 Å². The second kappa shape index (κ2) is 4.46. The maximum absolute atomic E-state index is 6.07. The number of hydrogen-bond donors (Lipinski definition) is 0. The molecular formula is C14H13ClN2. The van der Waals surface area contributed by atoms with Crippen LogP contribution in [0.1, 0.15) is 30.7 Å². The number of hydrogen-bond acceptors (Lipinski definition) is 2. The zero-order chi connectivity index (χ0) is 11.7. The number of rotatable bonds is 2. The third-order valence-electron chi connectivity index (χ3n) is 3.43. The molecule has 1 aliphatic carbocycles. The van der Waals surface area contributed by atoms with E-state index in [0.717, 1.165) is 17.2 Å². The van der Waals surface area contributed by atoms with Gasteiger partial charge >= 0.3 is 0 Å². The van der Waals surface area contributed by atoms with E-state index >= 15 is 0 Å². The molecule has 1 aromatic heterocycles. The second-order valence-electron chi connectivity index (χ2n) is 4.47. The summed E-state index contributed by atoms with van der Waals surface area (Å²) in [7, 11) is 0. The van der Waals surface area contributed by atoms with Crippen molar-refractivity contribution in [2.75, 3.05) is 0 Å². The van der Waals surface area contributed by atoms with E-state index in [1.807, 2.05) is 0 Å². The van der Waals surface area contributed by atoms with Gasteiger partial charge in [-0.2, -0.15) is 0 Å². The second-order valence-corrected chi connectivity index (χ2v) is 4.88. The summed E-state index contributed by atoms with van der Waals surface area (Å²) in [5.74, 6) is 0.768. The Bertz CT molecular complexity index is 518. The van der Waals surface area contributed by atoms with Gasteiger partial charge in [0.15, 0.2) is 0 Å². The quantitative estimate of drug-likeness (QED) is 0.796. The summed E-state index contributed by atoms with van der Waals surface area (Å²) in [5.41, 5.74) is 3.30. The lowest BCUT2D eigenvalue weighted by molar-refractivity contribution is 0.420. The Morgan fingerprint density at radius 3 is 2.47 bits per heavy atom. The predicted octanol–water partition coefficient (Wildman–Crippen LogP) is 4.06. The first-order valence-corrected chi connectivity index (χ1v) is 6.28. The monoisotopic (exact) mass is 244 g/mol. The molecule has 0 bridgehead atoms. The van der Waals surface area contributed by atoms with Gasteiger partial charge in [-0.05, 0) is 24.3 Å². The Balaban J connectivity index is 1.91. The first-order chi connectivity index (χ1) is 8.34. The number of nitrogens with zero attached hydrogens (tertiary/aromatic N) is 2. The van der Waals surface area contributed by atoms with Crippen molar-refractivity contribution in [3.63, 3.8) is 0 Å². The van der Waals surface area contributed by atoms with Crippen LogP contribution in [0.25, 0.3) is 11.3 Å². The summed E-state index contributed by atoms with van der Waals surface area (Å²) < 4.78 is 0. The summed E-state index contributed by atoms with van der Waals surface area (Å²) in [4.78, 5) is 8.11. The largest absolute Gasteiger partial charge is 0.243 e. The predicted molar refractivity (Wildman–Crippen MR) is 69.1 cm³/mol. The van der Waals surface area contributed by atoms with Crippen LogP contribution in [0.15, 0.2) is 36.8 Å². The van der Waals surface area contributed by atoms with Crippen molar-refractivity contribution < 1.29 is 0 Å². The summed E-state index contributed by atoms with van der Waals surface area (Å²) >= 11 is 6.07. The molecular weight excluding hydrogens is 232 g/mol. The molecule has 0 aliphatic heterocycles. The van der Waals surface area contributed by atoms with E-state index in [0.29, 0.717) is 5.02 Å². The van der Waals surface area contributed by atoms with Crippen LogP contribution in [0.2, 0.25) is 5.02 Å². The number of benzene rings is 1. The fourth-order valence-electron chi connectivity index (χ4n) is 2.18. The van der Waals surface area contributed by atoms with Crippen LogP contribution < -0.4 is 0 Å². The lowest BCUT2D eigenvalue weighted by Gasteiger charge is -2.25. The van der Waals surface area contributed by atoms with Gasteiger partial charge in [0.05, 0.1) is 10.7 Å². The van der Waals surface area contributed by atoms with Crippen molar-refractivity contribution >= 4 is 11.6 Å². The molecule has 0 amide bonds. The summed E-state index contributed by atoms with van der Waals surface area (Å²) in [5, 5.41) is 0.601. The van der Waals surface area contributed by atoms with Gasteiger partial charge in [0.1, 0.15) is 6.33 Å². The minimum atomic E-state index is 0.601. The molecule has 3 rings (SSSR count). The van der Waals surface area contributed by atoms with Gasteiger partial charge in [0.2, 0.25) is 0 Å². The van der Waals surface area contributed by atoms with Gasteiger partial charge in [-0.1, -0.05) is 42.3 Å². The van der Waals surface area contributed by atoms with Gasteiger partial charge in [-0.3, -0.25) is 0 Å². The van der Waals surface area contributed by atoms with Gasteiger partial charge in [-0.25, -0.2) is 9.97 Å². The molecule has 3 heteroatoms. The molecule has 1 aromatic carbocycles. The third-order valence-corrected chi connectivity index (χ3v) is 3.70. The average molecular weight is 245 g/mol. The van der Waals surface area contributed by atoms with E-state index in [4.69, 9.17) is 11.6 Å². The molecule has 1 fully saturated rings. The first kappa shape index (κ1) is 10.7. The lowest BCUT2D eigenvalue weighted by Crippen LogP contribution is -2.08. The van der Waals surface area contributed by atoms with Gasteiger partial charge in [-0.15, -0.1) is 0 Å². The number of aromatic nitrogens is 2. The minimum Gasteiger partial charge on any atom is -0.243 e. The fraction of sp³-hybridized carbons (Fsp3) is 0.286. The van der Waals surface area contributed by atoms with Gasteiger partial charge in [0.25, 0.3) is 0 Å². The maximum Gasteiger partial charge on any atom is 0.116 e. The first-order valence-electron chi connectivity index (χ1n) is 5.90. The SMILES string of the molecule is Clc1cncnc1-c1ccc(C2CCC2)cc1. The highest BCUT2D eigenvalue weighted by molar-refractivity contribution is 6.32. The molecule has 2 nitrogen and oxygen atoms in total. The smallest absolute Gasteiger partial charge is 0.116 e. The van der Waals surface area contributed by atoms with E-state index in [1.165, 1.54) is 31.2 Å².